The summed E-state index contributed by atoms with van der Waals surface area (Å²) in [7, 11) is 0. The molecule has 2 nitrogen and oxygen atoms in total. The highest BCUT2D eigenvalue weighted by Crippen LogP contribution is 2.62. The minimum atomic E-state index is 0.513. The lowest BCUT2D eigenvalue weighted by atomic mass is 9.68. The third-order valence-corrected chi connectivity index (χ3v) is 7.26. The largest absolute Gasteiger partial charge is 0.309 e. The molecule has 2 bridgehead atoms. The van der Waals surface area contributed by atoms with Gasteiger partial charge >= 0.3 is 0 Å². The molecule has 2 saturated heterocycles. The second-order valence-electron chi connectivity index (χ2n) is 8.66. The van der Waals surface area contributed by atoms with Crippen LogP contribution < -0.4 is 5.32 Å². The van der Waals surface area contributed by atoms with Gasteiger partial charge in [-0.2, -0.15) is 0 Å². The van der Waals surface area contributed by atoms with E-state index in [1.165, 1.54) is 51.6 Å². The third kappa shape index (κ3) is 1.68. The topological polar surface area (TPSA) is 15.3 Å². The molecule has 2 heteroatoms. The van der Waals surface area contributed by atoms with Gasteiger partial charge in [0.15, 0.2) is 0 Å². The van der Waals surface area contributed by atoms with E-state index in [1.807, 2.05) is 0 Å². The smallest absolute Gasteiger partial charge is 0.0250 e. The molecule has 4 fully saturated rings. The van der Waals surface area contributed by atoms with Gasteiger partial charge in [-0.1, -0.05) is 20.8 Å². The van der Waals surface area contributed by atoms with Crippen molar-refractivity contribution in [3.63, 3.8) is 0 Å². The number of fused-ring (bicyclic) bond motifs is 3. The van der Waals surface area contributed by atoms with Crippen molar-refractivity contribution < 1.29 is 0 Å². The van der Waals surface area contributed by atoms with Gasteiger partial charge in [-0.3, -0.25) is 4.90 Å². The number of hydrogen-bond acceptors (Lipinski definition) is 2. The number of nitrogens with one attached hydrogen (secondary N) is 1. The Labute approximate surface area is 118 Å². The zero-order valence-electron chi connectivity index (χ0n) is 12.9. The Balaban J connectivity index is 1.53. The molecule has 108 valence electrons. The summed E-state index contributed by atoms with van der Waals surface area (Å²) in [6, 6.07) is 2.39. The van der Waals surface area contributed by atoms with Crippen molar-refractivity contribution in [3.05, 3.63) is 0 Å². The lowest BCUT2D eigenvalue weighted by molar-refractivity contribution is 0.0937. The second kappa shape index (κ2) is 3.98. The van der Waals surface area contributed by atoms with Gasteiger partial charge in [0.05, 0.1) is 0 Å². The van der Waals surface area contributed by atoms with E-state index in [0.717, 1.165) is 24.0 Å². The lowest BCUT2D eigenvalue weighted by Crippen LogP contribution is -2.55. The van der Waals surface area contributed by atoms with Crippen LogP contribution in [0, 0.1) is 16.7 Å². The summed E-state index contributed by atoms with van der Waals surface area (Å²) < 4.78 is 0. The standard InChI is InChI=1S/C17H30N2/c1-16(2)12-6-8-17(3,11-12)15(16)18-13-7-10-19-9-4-5-14(13)19/h12-15,18H,4-11H2,1-3H3. The first-order chi connectivity index (χ1) is 9.01. The summed E-state index contributed by atoms with van der Waals surface area (Å²) in [5.41, 5.74) is 1.10. The van der Waals surface area contributed by atoms with Crippen molar-refractivity contribution in [2.24, 2.45) is 16.7 Å². The highest BCUT2D eigenvalue weighted by molar-refractivity contribution is 5.13. The fourth-order valence-electron chi connectivity index (χ4n) is 6.21. The van der Waals surface area contributed by atoms with E-state index in [9.17, 15) is 0 Å². The molecule has 0 radical (unpaired) electrons. The summed E-state index contributed by atoms with van der Waals surface area (Å²) in [5, 5.41) is 4.17. The number of nitrogens with zero attached hydrogens (tertiary/aromatic N) is 1. The molecule has 2 saturated carbocycles. The predicted octanol–water partition coefficient (Wildman–Crippen LogP) is 3.03. The molecule has 2 aliphatic heterocycles. The summed E-state index contributed by atoms with van der Waals surface area (Å²) in [6.45, 7) is 10.3. The number of rotatable bonds is 2. The van der Waals surface area contributed by atoms with Gasteiger partial charge in [0.1, 0.15) is 0 Å². The van der Waals surface area contributed by atoms with Crippen LogP contribution in [0.1, 0.15) is 59.3 Å². The van der Waals surface area contributed by atoms with Crippen molar-refractivity contribution in [1.29, 1.82) is 0 Å². The van der Waals surface area contributed by atoms with E-state index in [0.29, 0.717) is 10.8 Å². The Morgan fingerprint density at radius 2 is 1.89 bits per heavy atom. The molecule has 1 N–H and O–H groups in total. The van der Waals surface area contributed by atoms with E-state index in [1.54, 1.807) is 0 Å². The lowest BCUT2D eigenvalue weighted by Gasteiger charge is -2.45. The van der Waals surface area contributed by atoms with Gasteiger partial charge in [-0.25, -0.2) is 0 Å². The maximum atomic E-state index is 4.17. The summed E-state index contributed by atoms with van der Waals surface area (Å²) in [6.07, 6.45) is 8.65. The van der Waals surface area contributed by atoms with Gasteiger partial charge < -0.3 is 5.32 Å². The van der Waals surface area contributed by atoms with Crippen LogP contribution in [0.15, 0.2) is 0 Å². The molecule has 4 aliphatic rings. The first-order valence-corrected chi connectivity index (χ1v) is 8.51. The van der Waals surface area contributed by atoms with E-state index < -0.39 is 0 Å². The van der Waals surface area contributed by atoms with Crippen molar-refractivity contribution >= 4 is 0 Å². The van der Waals surface area contributed by atoms with E-state index in [4.69, 9.17) is 0 Å². The Morgan fingerprint density at radius 3 is 2.63 bits per heavy atom. The minimum absolute atomic E-state index is 0.513. The maximum Gasteiger partial charge on any atom is 0.0250 e. The van der Waals surface area contributed by atoms with E-state index in [-0.39, 0.29) is 0 Å². The zero-order valence-corrected chi connectivity index (χ0v) is 12.9. The quantitative estimate of drug-likeness (QED) is 0.823. The molecule has 5 atom stereocenters. The first kappa shape index (κ1) is 12.6. The van der Waals surface area contributed by atoms with Crippen LogP contribution in [0.5, 0.6) is 0 Å². The molecule has 0 aromatic heterocycles. The SMILES string of the molecule is CC12CCC(C1)C(C)(C)C2NC1CCN2CCCC12. The Bertz CT molecular complexity index is 373. The average Bonchev–Trinajstić information content (AvgIpc) is 3.02. The molecule has 4 rings (SSSR count). The van der Waals surface area contributed by atoms with Crippen LogP contribution in [-0.4, -0.2) is 36.1 Å². The molecule has 0 aromatic rings. The van der Waals surface area contributed by atoms with Crippen LogP contribution >= 0.6 is 0 Å². The molecule has 0 spiro atoms. The summed E-state index contributed by atoms with van der Waals surface area (Å²) >= 11 is 0. The van der Waals surface area contributed by atoms with E-state index >= 15 is 0 Å². The Hall–Kier alpha value is -0.0800. The molecular formula is C17H30N2. The summed E-state index contributed by atoms with van der Waals surface area (Å²) in [4.78, 5) is 2.74. The minimum Gasteiger partial charge on any atom is -0.309 e. The molecule has 0 aromatic carbocycles. The van der Waals surface area contributed by atoms with Gasteiger partial charge in [-0.05, 0) is 61.8 Å². The second-order valence-corrected chi connectivity index (χ2v) is 8.66. The van der Waals surface area contributed by atoms with Crippen molar-refractivity contribution in [3.8, 4) is 0 Å². The molecule has 19 heavy (non-hydrogen) atoms. The highest BCUT2D eigenvalue weighted by atomic mass is 15.2. The van der Waals surface area contributed by atoms with Crippen LogP contribution in [-0.2, 0) is 0 Å². The van der Waals surface area contributed by atoms with Gasteiger partial charge in [0.2, 0.25) is 0 Å². The molecule has 2 heterocycles. The predicted molar refractivity (Wildman–Crippen MR) is 79.2 cm³/mol. The first-order valence-electron chi connectivity index (χ1n) is 8.51. The Kier molecular flexibility index (Phi) is 2.65. The highest BCUT2D eigenvalue weighted by Gasteiger charge is 2.60. The normalized spacial score (nSPS) is 51.9. The van der Waals surface area contributed by atoms with Crippen molar-refractivity contribution in [2.75, 3.05) is 13.1 Å². The fraction of sp³-hybridized carbons (Fsp3) is 1.00. The summed E-state index contributed by atoms with van der Waals surface area (Å²) in [5.74, 6) is 0.969. The van der Waals surface area contributed by atoms with Gasteiger partial charge in [0, 0.05) is 24.7 Å². The average molecular weight is 262 g/mol. The Morgan fingerprint density at radius 1 is 1.05 bits per heavy atom. The van der Waals surface area contributed by atoms with E-state index in [2.05, 4.69) is 31.0 Å². The third-order valence-electron chi connectivity index (χ3n) is 7.26. The zero-order chi connectivity index (χ0) is 13.3. The number of hydrogen-bond donors (Lipinski definition) is 1. The maximum absolute atomic E-state index is 4.17. The van der Waals surface area contributed by atoms with Gasteiger partial charge in [-0.15, -0.1) is 0 Å². The van der Waals surface area contributed by atoms with Crippen LogP contribution in [0.4, 0.5) is 0 Å². The molecule has 2 aliphatic carbocycles. The monoisotopic (exact) mass is 262 g/mol. The van der Waals surface area contributed by atoms with Crippen LogP contribution in [0.25, 0.3) is 0 Å². The molecular weight excluding hydrogens is 232 g/mol. The van der Waals surface area contributed by atoms with Crippen LogP contribution in [0.2, 0.25) is 0 Å². The van der Waals surface area contributed by atoms with Crippen molar-refractivity contribution in [2.45, 2.75) is 77.4 Å². The van der Waals surface area contributed by atoms with Crippen LogP contribution in [0.3, 0.4) is 0 Å². The van der Waals surface area contributed by atoms with Crippen molar-refractivity contribution in [1.82, 2.24) is 10.2 Å². The molecule has 5 unspecified atom stereocenters. The molecule has 0 amide bonds. The van der Waals surface area contributed by atoms with Gasteiger partial charge in [0.25, 0.3) is 0 Å². The fourth-order valence-corrected chi connectivity index (χ4v) is 6.21.